The van der Waals surface area contributed by atoms with Crippen molar-refractivity contribution in [3.8, 4) is 0 Å². The molecule has 0 saturated heterocycles. The first kappa shape index (κ1) is 20.3. The Morgan fingerprint density at radius 3 is 2.46 bits per heavy atom. The Bertz CT molecular complexity index is 903. The number of hydrogen-bond donors (Lipinski definition) is 0. The van der Waals surface area contributed by atoms with Gasteiger partial charge in [0.05, 0.1) is 17.6 Å². The van der Waals surface area contributed by atoms with Crippen LogP contribution in [0.1, 0.15) is 23.4 Å². The number of benzene rings is 1. The summed E-state index contributed by atoms with van der Waals surface area (Å²) in [5, 5.41) is 6.12. The van der Waals surface area contributed by atoms with Crippen molar-refractivity contribution >= 4 is 39.5 Å². The summed E-state index contributed by atoms with van der Waals surface area (Å²) in [7, 11) is -2.01. The van der Waals surface area contributed by atoms with Gasteiger partial charge >= 0.3 is 0 Å². The largest absolute Gasteiger partial charge is 0.273 e. The molecule has 1 amide bonds. The lowest BCUT2D eigenvalue weighted by atomic mass is 10.2. The summed E-state index contributed by atoms with van der Waals surface area (Å²) in [6.07, 6.45) is 3.11. The molecule has 0 aliphatic carbocycles. The van der Waals surface area contributed by atoms with Crippen molar-refractivity contribution in [1.82, 2.24) is 9.78 Å². The summed E-state index contributed by atoms with van der Waals surface area (Å²) in [5.74, 6) is 0.0410. The number of amides is 1. The Morgan fingerprint density at radius 1 is 1.27 bits per heavy atom. The maximum absolute atomic E-state index is 12.6. The fraction of sp³-hybridized carbons (Fsp3) is 0.333. The highest BCUT2D eigenvalue weighted by Gasteiger charge is 2.30. The number of aromatic nitrogens is 2. The van der Waals surface area contributed by atoms with Crippen LogP contribution >= 0.6 is 11.8 Å². The zero-order valence-corrected chi connectivity index (χ0v) is 17.0. The smallest absolute Gasteiger partial charge is 0.241 e. The van der Waals surface area contributed by atoms with Crippen LogP contribution in [0.2, 0.25) is 0 Å². The van der Waals surface area contributed by atoms with Crippen LogP contribution in [0.4, 0.5) is 5.69 Å². The number of nitrogens with zero attached hydrogens (tertiary/aromatic N) is 3. The fourth-order valence-corrected chi connectivity index (χ4v) is 4.28. The van der Waals surface area contributed by atoms with E-state index in [1.54, 1.807) is 25.6 Å². The van der Waals surface area contributed by atoms with E-state index in [9.17, 15) is 13.2 Å². The standard InChI is InChI=1S/C18H23N3O3S2/c1-14-18(15(2)20(3)19-14)21(26(4,23)24)17(22)11-13-25-12-10-16-8-6-5-7-9-16/h5-10,12H,11,13H2,1-4H3. The molecule has 26 heavy (non-hydrogen) atoms. The maximum Gasteiger partial charge on any atom is 0.241 e. The molecule has 0 aliphatic rings. The summed E-state index contributed by atoms with van der Waals surface area (Å²) >= 11 is 1.47. The van der Waals surface area contributed by atoms with Gasteiger partial charge in [-0.25, -0.2) is 12.7 Å². The Balaban J connectivity index is 2.05. The minimum absolute atomic E-state index is 0.116. The van der Waals surface area contributed by atoms with Gasteiger partial charge in [0.25, 0.3) is 0 Å². The number of carbonyl (C=O) groups is 1. The molecule has 2 rings (SSSR count). The highest BCUT2D eigenvalue weighted by Crippen LogP contribution is 2.27. The van der Waals surface area contributed by atoms with Gasteiger partial charge in [-0.1, -0.05) is 30.3 Å². The molecule has 0 saturated carbocycles. The number of thioether (sulfide) groups is 1. The number of anilines is 1. The second kappa shape index (κ2) is 8.55. The van der Waals surface area contributed by atoms with Crippen molar-refractivity contribution in [3.05, 3.63) is 52.7 Å². The Labute approximate surface area is 158 Å². The van der Waals surface area contributed by atoms with Crippen molar-refractivity contribution < 1.29 is 13.2 Å². The van der Waals surface area contributed by atoms with Crippen LogP contribution in [0.15, 0.2) is 35.7 Å². The fourth-order valence-electron chi connectivity index (χ4n) is 2.54. The summed E-state index contributed by atoms with van der Waals surface area (Å²) in [4.78, 5) is 12.6. The summed E-state index contributed by atoms with van der Waals surface area (Å²) in [5.41, 5.74) is 2.58. The van der Waals surface area contributed by atoms with Gasteiger partial charge < -0.3 is 0 Å². The second-order valence-electron chi connectivity index (χ2n) is 5.90. The molecular weight excluding hydrogens is 370 g/mol. The molecule has 0 aliphatic heterocycles. The monoisotopic (exact) mass is 393 g/mol. The van der Waals surface area contributed by atoms with Crippen molar-refractivity contribution in [2.24, 2.45) is 7.05 Å². The van der Waals surface area contributed by atoms with Gasteiger partial charge in [0, 0.05) is 19.2 Å². The molecule has 140 valence electrons. The van der Waals surface area contributed by atoms with Crippen LogP contribution in [0.5, 0.6) is 0 Å². The van der Waals surface area contributed by atoms with Crippen LogP contribution in [0, 0.1) is 13.8 Å². The van der Waals surface area contributed by atoms with E-state index in [1.807, 2.05) is 41.8 Å². The SMILES string of the molecule is Cc1nn(C)c(C)c1N(C(=O)CCSC=Cc1ccccc1)S(C)(=O)=O. The van der Waals surface area contributed by atoms with Crippen LogP contribution < -0.4 is 4.31 Å². The van der Waals surface area contributed by atoms with Crippen LogP contribution in [0.3, 0.4) is 0 Å². The van der Waals surface area contributed by atoms with E-state index in [1.165, 1.54) is 11.8 Å². The third-order valence-electron chi connectivity index (χ3n) is 3.82. The molecule has 0 spiro atoms. The van der Waals surface area contributed by atoms with E-state index in [0.29, 0.717) is 22.8 Å². The molecule has 2 aromatic rings. The average molecular weight is 394 g/mol. The van der Waals surface area contributed by atoms with E-state index >= 15 is 0 Å². The molecule has 0 radical (unpaired) electrons. The van der Waals surface area contributed by atoms with Crippen LogP contribution in [-0.4, -0.2) is 36.1 Å². The highest BCUT2D eigenvalue weighted by atomic mass is 32.2. The normalized spacial score (nSPS) is 11.8. The van der Waals surface area contributed by atoms with E-state index < -0.39 is 15.9 Å². The number of carbonyl (C=O) groups excluding carboxylic acids is 1. The van der Waals surface area contributed by atoms with E-state index in [2.05, 4.69) is 5.10 Å². The van der Waals surface area contributed by atoms with Gasteiger partial charge in [-0.2, -0.15) is 5.10 Å². The lowest BCUT2D eigenvalue weighted by Gasteiger charge is -2.20. The molecular formula is C18H23N3O3S2. The molecule has 6 nitrogen and oxygen atoms in total. The van der Waals surface area contributed by atoms with E-state index in [0.717, 1.165) is 16.1 Å². The predicted molar refractivity (Wildman–Crippen MR) is 108 cm³/mol. The maximum atomic E-state index is 12.6. The van der Waals surface area contributed by atoms with Gasteiger partial charge in [0.15, 0.2) is 0 Å². The Hall–Kier alpha value is -2.06. The highest BCUT2D eigenvalue weighted by molar-refractivity contribution is 8.02. The lowest BCUT2D eigenvalue weighted by Crippen LogP contribution is -2.37. The van der Waals surface area contributed by atoms with E-state index in [-0.39, 0.29) is 6.42 Å². The zero-order valence-electron chi connectivity index (χ0n) is 15.3. The second-order valence-corrected chi connectivity index (χ2v) is 8.74. The van der Waals surface area contributed by atoms with Crippen molar-refractivity contribution in [2.45, 2.75) is 20.3 Å². The van der Waals surface area contributed by atoms with Gasteiger partial charge in [0.1, 0.15) is 5.69 Å². The Kier molecular flexibility index (Phi) is 6.66. The third kappa shape index (κ3) is 4.98. The van der Waals surface area contributed by atoms with Gasteiger partial charge in [-0.05, 0) is 30.9 Å². The molecule has 1 aromatic carbocycles. The minimum Gasteiger partial charge on any atom is -0.273 e. The predicted octanol–water partition coefficient (Wildman–Crippen LogP) is 3.12. The van der Waals surface area contributed by atoms with Crippen LogP contribution in [0.25, 0.3) is 6.08 Å². The molecule has 0 fully saturated rings. The number of hydrogen-bond acceptors (Lipinski definition) is 5. The van der Waals surface area contributed by atoms with Gasteiger partial charge in [-0.3, -0.25) is 9.48 Å². The minimum atomic E-state index is -3.73. The van der Waals surface area contributed by atoms with Gasteiger partial charge in [0.2, 0.25) is 15.9 Å². The third-order valence-corrected chi connectivity index (χ3v) is 5.64. The quantitative estimate of drug-likeness (QED) is 0.676. The summed E-state index contributed by atoms with van der Waals surface area (Å²) < 4.78 is 26.9. The zero-order chi connectivity index (χ0) is 19.3. The molecule has 0 bridgehead atoms. The Morgan fingerprint density at radius 2 is 1.92 bits per heavy atom. The topological polar surface area (TPSA) is 72.3 Å². The van der Waals surface area contributed by atoms with E-state index in [4.69, 9.17) is 0 Å². The van der Waals surface area contributed by atoms with Gasteiger partial charge in [-0.15, -0.1) is 11.8 Å². The molecule has 0 unspecified atom stereocenters. The lowest BCUT2D eigenvalue weighted by molar-refractivity contribution is -0.117. The molecule has 0 atom stereocenters. The molecule has 8 heteroatoms. The molecule has 0 N–H and O–H groups in total. The summed E-state index contributed by atoms with van der Waals surface area (Å²) in [6, 6.07) is 9.83. The van der Waals surface area contributed by atoms with Crippen molar-refractivity contribution in [1.29, 1.82) is 0 Å². The van der Waals surface area contributed by atoms with Crippen LogP contribution in [-0.2, 0) is 21.9 Å². The number of rotatable bonds is 7. The summed E-state index contributed by atoms with van der Waals surface area (Å²) in [6.45, 7) is 3.45. The van der Waals surface area contributed by atoms with Crippen molar-refractivity contribution in [3.63, 3.8) is 0 Å². The molecule has 1 heterocycles. The van der Waals surface area contributed by atoms with Crippen molar-refractivity contribution in [2.75, 3.05) is 16.3 Å². The number of sulfonamides is 1. The first-order chi connectivity index (χ1) is 12.2. The first-order valence-corrected chi connectivity index (χ1v) is 11.0. The number of aryl methyl sites for hydroxylation is 2. The average Bonchev–Trinajstić information content (AvgIpc) is 2.81. The molecule has 1 aromatic heterocycles. The first-order valence-electron chi connectivity index (χ1n) is 8.08.